The van der Waals surface area contributed by atoms with Gasteiger partial charge in [0.1, 0.15) is 12.4 Å². The summed E-state index contributed by atoms with van der Waals surface area (Å²) in [6, 6.07) is 11.0. The molecule has 0 bridgehead atoms. The van der Waals surface area contributed by atoms with Crippen LogP contribution in [0.1, 0.15) is 5.69 Å². The summed E-state index contributed by atoms with van der Waals surface area (Å²) in [4.78, 5) is 15.7. The summed E-state index contributed by atoms with van der Waals surface area (Å²) in [6.07, 6.45) is 0. The van der Waals surface area contributed by atoms with Gasteiger partial charge in [0.25, 0.3) is 10.0 Å². The molecular weight excluding hydrogens is 402 g/mol. The first-order valence-corrected chi connectivity index (χ1v) is 10.6. The molecule has 1 N–H and O–H groups in total. The topological polar surface area (TPSA) is 103 Å². The predicted octanol–water partition coefficient (Wildman–Crippen LogP) is 2.97. The van der Waals surface area contributed by atoms with Gasteiger partial charge in [0, 0.05) is 18.5 Å². The number of nitrogens with zero attached hydrogens (tertiary/aromatic N) is 2. The molecular formula is C18H15N3O5S2. The Labute approximate surface area is 164 Å². The second kappa shape index (κ2) is 7.13. The van der Waals surface area contributed by atoms with Crippen LogP contribution < -0.4 is 15.2 Å². The van der Waals surface area contributed by atoms with Crippen molar-refractivity contribution in [2.75, 3.05) is 4.72 Å². The first-order chi connectivity index (χ1) is 13.4. The Kier molecular flexibility index (Phi) is 4.65. The molecule has 0 aliphatic rings. The first kappa shape index (κ1) is 18.3. The minimum atomic E-state index is -3.92. The van der Waals surface area contributed by atoms with E-state index in [4.69, 9.17) is 9.15 Å². The molecule has 0 unspecified atom stereocenters. The molecule has 2 heterocycles. The van der Waals surface area contributed by atoms with Crippen molar-refractivity contribution in [3.05, 3.63) is 69.6 Å². The van der Waals surface area contributed by atoms with Crippen molar-refractivity contribution in [2.45, 2.75) is 11.5 Å². The molecule has 4 rings (SSSR count). The van der Waals surface area contributed by atoms with Gasteiger partial charge in [0.15, 0.2) is 5.58 Å². The standard InChI is InChI=1S/C18H15N3O5S2/c1-21-15-7-6-13(8-17(15)26-18(21)22)28(23,24)20-14-4-2-3-5-16(14)25-9-12-10-27-11-19-12/h2-8,10-11,20H,9H2,1H3. The monoisotopic (exact) mass is 417 g/mol. The van der Waals surface area contributed by atoms with Gasteiger partial charge in [-0.3, -0.25) is 9.29 Å². The molecule has 8 nitrogen and oxygen atoms in total. The van der Waals surface area contributed by atoms with E-state index >= 15 is 0 Å². The summed E-state index contributed by atoms with van der Waals surface area (Å²) in [5, 5.41) is 1.86. The van der Waals surface area contributed by atoms with Crippen LogP contribution in [-0.2, 0) is 23.7 Å². The number of para-hydroxylation sites is 2. The number of nitrogens with one attached hydrogen (secondary N) is 1. The lowest BCUT2D eigenvalue weighted by molar-refractivity contribution is 0.304. The first-order valence-electron chi connectivity index (χ1n) is 8.15. The average molecular weight is 417 g/mol. The van der Waals surface area contributed by atoms with Crippen LogP contribution >= 0.6 is 11.3 Å². The van der Waals surface area contributed by atoms with Crippen LogP contribution in [0.3, 0.4) is 0 Å². The summed E-state index contributed by atoms with van der Waals surface area (Å²) in [5.41, 5.74) is 3.46. The molecule has 0 saturated heterocycles. The molecule has 0 spiro atoms. The van der Waals surface area contributed by atoms with Crippen molar-refractivity contribution in [3.8, 4) is 5.75 Å². The zero-order valence-electron chi connectivity index (χ0n) is 14.7. The number of thiazole rings is 1. The third-order valence-electron chi connectivity index (χ3n) is 4.06. The normalized spacial score (nSPS) is 11.6. The molecule has 0 atom stereocenters. The molecule has 0 fully saturated rings. The Balaban J connectivity index is 1.62. The van der Waals surface area contributed by atoms with E-state index in [1.54, 1.807) is 36.8 Å². The van der Waals surface area contributed by atoms with E-state index in [2.05, 4.69) is 9.71 Å². The molecule has 0 amide bonds. The van der Waals surface area contributed by atoms with Crippen LogP contribution in [0.4, 0.5) is 5.69 Å². The molecule has 2 aromatic carbocycles. The number of ether oxygens (including phenoxy) is 1. The molecule has 0 radical (unpaired) electrons. The smallest absolute Gasteiger partial charge is 0.419 e. The molecule has 0 saturated carbocycles. The zero-order valence-corrected chi connectivity index (χ0v) is 16.3. The Hall–Kier alpha value is -3.11. The van der Waals surface area contributed by atoms with E-state index in [1.165, 1.54) is 34.1 Å². The fraction of sp³-hybridized carbons (Fsp3) is 0.111. The Morgan fingerprint density at radius 2 is 2.07 bits per heavy atom. The molecule has 4 aromatic rings. The van der Waals surface area contributed by atoms with Crippen molar-refractivity contribution in [2.24, 2.45) is 7.05 Å². The maximum atomic E-state index is 12.8. The van der Waals surface area contributed by atoms with Gasteiger partial charge in [-0.05, 0) is 24.3 Å². The SMILES string of the molecule is Cn1c(=O)oc2cc(S(=O)(=O)Nc3ccccc3OCc3cscn3)ccc21. The molecule has 28 heavy (non-hydrogen) atoms. The average Bonchev–Trinajstić information content (AvgIpc) is 3.29. The number of sulfonamides is 1. The Bertz CT molecular complexity index is 1290. The minimum Gasteiger partial charge on any atom is -0.485 e. The van der Waals surface area contributed by atoms with E-state index in [0.29, 0.717) is 17.0 Å². The lowest BCUT2D eigenvalue weighted by atomic mass is 10.3. The quantitative estimate of drug-likeness (QED) is 0.517. The van der Waals surface area contributed by atoms with Crippen molar-refractivity contribution < 1.29 is 17.6 Å². The second-order valence-corrected chi connectivity index (χ2v) is 8.33. The van der Waals surface area contributed by atoms with Gasteiger partial charge in [0.2, 0.25) is 0 Å². The summed E-state index contributed by atoms with van der Waals surface area (Å²) >= 11 is 1.45. The van der Waals surface area contributed by atoms with Crippen LogP contribution in [0.2, 0.25) is 0 Å². The summed E-state index contributed by atoms with van der Waals surface area (Å²) in [5.74, 6) is -0.176. The van der Waals surface area contributed by atoms with E-state index in [1.807, 2.05) is 5.38 Å². The van der Waals surface area contributed by atoms with Gasteiger partial charge >= 0.3 is 5.76 Å². The maximum Gasteiger partial charge on any atom is 0.419 e. The molecule has 144 valence electrons. The van der Waals surface area contributed by atoms with Crippen molar-refractivity contribution in [1.29, 1.82) is 0 Å². The van der Waals surface area contributed by atoms with Gasteiger partial charge in [0.05, 0.1) is 27.3 Å². The van der Waals surface area contributed by atoms with Crippen molar-refractivity contribution in [1.82, 2.24) is 9.55 Å². The summed E-state index contributed by atoms with van der Waals surface area (Å²) < 4.78 is 40.2. The number of rotatable bonds is 6. The number of oxazole rings is 1. The van der Waals surface area contributed by atoms with Crippen LogP contribution in [0, 0.1) is 0 Å². The van der Waals surface area contributed by atoms with E-state index in [0.717, 1.165) is 5.69 Å². The van der Waals surface area contributed by atoms with Gasteiger partial charge in [-0.2, -0.15) is 0 Å². The molecule has 0 aliphatic carbocycles. The van der Waals surface area contributed by atoms with Crippen LogP contribution in [-0.4, -0.2) is 18.0 Å². The van der Waals surface area contributed by atoms with Crippen LogP contribution in [0.25, 0.3) is 11.1 Å². The number of benzene rings is 2. The summed E-state index contributed by atoms with van der Waals surface area (Å²) in [6.45, 7) is 0.226. The number of aryl methyl sites for hydroxylation is 1. The Morgan fingerprint density at radius 3 is 2.86 bits per heavy atom. The molecule has 0 aliphatic heterocycles. The lowest BCUT2D eigenvalue weighted by Gasteiger charge is -2.13. The van der Waals surface area contributed by atoms with E-state index in [-0.39, 0.29) is 17.1 Å². The Morgan fingerprint density at radius 1 is 1.25 bits per heavy atom. The second-order valence-electron chi connectivity index (χ2n) is 5.93. The molecule has 10 heteroatoms. The van der Waals surface area contributed by atoms with Crippen molar-refractivity contribution in [3.63, 3.8) is 0 Å². The summed E-state index contributed by atoms with van der Waals surface area (Å²) in [7, 11) is -2.37. The lowest BCUT2D eigenvalue weighted by Crippen LogP contribution is -2.14. The number of hydrogen-bond donors (Lipinski definition) is 1. The van der Waals surface area contributed by atoms with Crippen molar-refractivity contribution >= 4 is 38.1 Å². The molecule has 2 aromatic heterocycles. The largest absolute Gasteiger partial charge is 0.485 e. The van der Waals surface area contributed by atoms with Gasteiger partial charge in [-0.1, -0.05) is 12.1 Å². The fourth-order valence-electron chi connectivity index (χ4n) is 2.62. The highest BCUT2D eigenvalue weighted by atomic mass is 32.2. The minimum absolute atomic E-state index is 0.0244. The van der Waals surface area contributed by atoms with Gasteiger partial charge < -0.3 is 9.15 Å². The van der Waals surface area contributed by atoms with E-state index in [9.17, 15) is 13.2 Å². The van der Waals surface area contributed by atoms with E-state index < -0.39 is 15.8 Å². The van der Waals surface area contributed by atoms with Crippen LogP contribution in [0.15, 0.2) is 67.5 Å². The van der Waals surface area contributed by atoms with Crippen LogP contribution in [0.5, 0.6) is 5.75 Å². The zero-order chi connectivity index (χ0) is 19.7. The predicted molar refractivity (Wildman–Crippen MR) is 105 cm³/mol. The maximum absolute atomic E-state index is 12.8. The number of anilines is 1. The third kappa shape index (κ3) is 3.51. The number of hydrogen-bond acceptors (Lipinski definition) is 7. The highest BCUT2D eigenvalue weighted by Gasteiger charge is 2.19. The highest BCUT2D eigenvalue weighted by molar-refractivity contribution is 7.92. The third-order valence-corrected chi connectivity index (χ3v) is 6.06. The highest BCUT2D eigenvalue weighted by Crippen LogP contribution is 2.28. The number of aromatic nitrogens is 2. The van der Waals surface area contributed by atoms with Gasteiger partial charge in [-0.25, -0.2) is 18.2 Å². The fourth-order valence-corrected chi connectivity index (χ4v) is 4.25. The number of fused-ring (bicyclic) bond motifs is 1. The van der Waals surface area contributed by atoms with Gasteiger partial charge in [-0.15, -0.1) is 11.3 Å².